The van der Waals surface area contributed by atoms with Crippen LogP contribution in [0, 0.1) is 0 Å². The molecular formula is C25H21B4N3O6. The highest BCUT2D eigenvalue weighted by Crippen LogP contribution is 2.35. The molecule has 2 aromatic carbocycles. The van der Waals surface area contributed by atoms with E-state index in [1.807, 2.05) is 0 Å². The van der Waals surface area contributed by atoms with E-state index in [4.69, 9.17) is 40.9 Å². The van der Waals surface area contributed by atoms with Crippen molar-refractivity contribution in [2.45, 2.75) is 36.8 Å². The van der Waals surface area contributed by atoms with Gasteiger partial charge in [-0.15, -0.1) is 0 Å². The molecule has 0 saturated carbocycles. The molecule has 2 fully saturated rings. The second kappa shape index (κ2) is 10.0. The predicted octanol–water partition coefficient (Wildman–Crippen LogP) is -1.21. The molecule has 0 spiro atoms. The maximum atomic E-state index is 13.1. The molecule has 5 rings (SSSR count). The van der Waals surface area contributed by atoms with Crippen molar-refractivity contribution in [1.82, 2.24) is 15.1 Å². The fraction of sp³-hybridized carbons (Fsp3) is 0.360. The summed E-state index contributed by atoms with van der Waals surface area (Å²) in [5.74, 6) is -1.14. The zero-order valence-corrected chi connectivity index (χ0v) is 20.5. The summed E-state index contributed by atoms with van der Waals surface area (Å²) in [4.78, 5) is 52.0. The Morgan fingerprint density at radius 2 is 1.92 bits per heavy atom. The highest BCUT2D eigenvalue weighted by atomic mass is 16.5. The largest absolute Gasteiger partial charge is 0.496 e. The van der Waals surface area contributed by atoms with Crippen molar-refractivity contribution in [3.8, 4) is 5.75 Å². The molecule has 2 atom stereocenters. The number of hydrogen-bond acceptors (Lipinski definition) is 6. The number of hydrogen-bond donors (Lipinski definition) is 1. The van der Waals surface area contributed by atoms with Gasteiger partial charge in [0.2, 0.25) is 17.7 Å². The van der Waals surface area contributed by atoms with Gasteiger partial charge in [0.15, 0.2) is 0 Å². The molecule has 0 aliphatic carbocycles. The Morgan fingerprint density at radius 1 is 1.13 bits per heavy atom. The van der Waals surface area contributed by atoms with E-state index >= 15 is 0 Å². The monoisotopic (exact) mass is 503 g/mol. The molecule has 2 saturated heterocycles. The molecular weight excluding hydrogens is 482 g/mol. The average molecular weight is 503 g/mol. The second-order valence-electron chi connectivity index (χ2n) is 9.49. The lowest BCUT2D eigenvalue weighted by Gasteiger charge is -2.42. The van der Waals surface area contributed by atoms with Crippen LogP contribution in [0.3, 0.4) is 0 Å². The molecule has 3 aliphatic heterocycles. The van der Waals surface area contributed by atoms with Gasteiger partial charge in [-0.3, -0.25) is 24.5 Å². The Hall–Kier alpha value is -3.46. The molecule has 38 heavy (non-hydrogen) atoms. The van der Waals surface area contributed by atoms with Crippen LogP contribution in [0.1, 0.15) is 45.9 Å². The summed E-state index contributed by atoms with van der Waals surface area (Å²) in [7, 11) is 25.3. The van der Waals surface area contributed by atoms with Gasteiger partial charge < -0.3 is 19.3 Å². The van der Waals surface area contributed by atoms with Crippen LogP contribution in [0.4, 0.5) is 0 Å². The summed E-state index contributed by atoms with van der Waals surface area (Å²) >= 11 is 0. The molecule has 0 bridgehead atoms. The van der Waals surface area contributed by atoms with Crippen molar-refractivity contribution in [3.63, 3.8) is 0 Å². The van der Waals surface area contributed by atoms with Crippen LogP contribution in [-0.2, 0) is 31.0 Å². The van der Waals surface area contributed by atoms with Crippen LogP contribution in [-0.4, -0.2) is 90.6 Å². The molecule has 4 amide bonds. The molecule has 3 aliphatic rings. The summed E-state index contributed by atoms with van der Waals surface area (Å²) in [5.41, 5.74) is 2.09. The lowest BCUT2D eigenvalue weighted by molar-refractivity contribution is -0.145. The second-order valence-corrected chi connectivity index (χ2v) is 9.49. The Kier molecular flexibility index (Phi) is 6.90. The minimum absolute atomic E-state index is 0.104. The number of amides is 4. The van der Waals surface area contributed by atoms with E-state index in [1.165, 1.54) is 9.80 Å². The third kappa shape index (κ3) is 4.64. The van der Waals surface area contributed by atoms with E-state index in [0.717, 1.165) is 0 Å². The van der Waals surface area contributed by atoms with Crippen molar-refractivity contribution < 1.29 is 28.7 Å². The van der Waals surface area contributed by atoms with Crippen LogP contribution in [0.25, 0.3) is 0 Å². The van der Waals surface area contributed by atoms with Crippen molar-refractivity contribution >= 4 is 60.5 Å². The fourth-order valence-corrected chi connectivity index (χ4v) is 5.02. The molecule has 13 heteroatoms. The highest BCUT2D eigenvalue weighted by Gasteiger charge is 2.40. The van der Waals surface area contributed by atoms with E-state index in [2.05, 4.69) is 5.32 Å². The number of piperidine rings is 1. The Bertz CT molecular complexity index is 1340. The van der Waals surface area contributed by atoms with E-state index in [1.54, 1.807) is 36.4 Å². The van der Waals surface area contributed by atoms with Gasteiger partial charge in [0, 0.05) is 24.1 Å². The molecule has 9 nitrogen and oxygen atoms in total. The molecule has 2 unspecified atom stereocenters. The minimum atomic E-state index is -1.60. The summed E-state index contributed by atoms with van der Waals surface area (Å²) in [6, 6.07) is 8.04. The van der Waals surface area contributed by atoms with Gasteiger partial charge in [0.05, 0.1) is 34.8 Å². The maximum Gasteiger partial charge on any atom is 0.255 e. The summed E-state index contributed by atoms with van der Waals surface area (Å²) in [5, 5.41) is 0.685. The van der Waals surface area contributed by atoms with Gasteiger partial charge in [0.25, 0.3) is 5.91 Å². The number of carbonyl (C=O) groups excluding carboxylic acids is 4. The van der Waals surface area contributed by atoms with E-state index in [9.17, 15) is 19.2 Å². The number of benzene rings is 2. The molecule has 1 N–H and O–H groups in total. The van der Waals surface area contributed by atoms with Crippen molar-refractivity contribution in [2.24, 2.45) is 0 Å². The number of morpholine rings is 1. The first-order chi connectivity index (χ1) is 18.1. The zero-order valence-electron chi connectivity index (χ0n) is 20.5. The number of nitrogens with one attached hydrogen (secondary N) is 1. The third-order valence-corrected chi connectivity index (χ3v) is 7.08. The standard InChI is InChI=1S/C25H21B4N3O6/c26-17-10-13(25(28,29)32-8-9-37-12-21(32)34)4-5-15(17)22(27)38-19-3-1-2-14-16(19)11-31(24(14)36)18-6-7-20(33)30-23(18)35/h1-5,10,18,22H,6-9,11-12H2,(H,30,33,35). The Morgan fingerprint density at radius 3 is 2.63 bits per heavy atom. The summed E-state index contributed by atoms with van der Waals surface area (Å²) in [6.07, 6.45) is 0.412. The first-order valence-corrected chi connectivity index (χ1v) is 12.1. The number of carbonyl (C=O) groups is 4. The highest BCUT2D eigenvalue weighted by molar-refractivity contribution is 6.41. The summed E-state index contributed by atoms with van der Waals surface area (Å²) < 4.78 is 11.2. The van der Waals surface area contributed by atoms with Crippen LogP contribution < -0.4 is 15.5 Å². The van der Waals surface area contributed by atoms with Gasteiger partial charge in [-0.05, 0) is 35.0 Å². The summed E-state index contributed by atoms with van der Waals surface area (Å²) in [6.45, 7) is 0.588. The SMILES string of the molecule is [B]c1cc(C([B])([B])N2CCOCC2=O)ccc1C([B])Oc1cccc2c1CN(C1CCC(=O)NC1=O)C2=O. The fourth-order valence-electron chi connectivity index (χ4n) is 5.02. The van der Waals surface area contributed by atoms with Crippen LogP contribution in [0.15, 0.2) is 36.4 Å². The number of imide groups is 1. The van der Waals surface area contributed by atoms with Crippen molar-refractivity contribution in [1.29, 1.82) is 0 Å². The minimum Gasteiger partial charge on any atom is -0.496 e. The average Bonchev–Trinajstić information content (AvgIpc) is 3.21. The normalized spacial score (nSPS) is 20.8. The van der Waals surface area contributed by atoms with Crippen LogP contribution >= 0.6 is 0 Å². The molecule has 184 valence electrons. The molecule has 3 heterocycles. The van der Waals surface area contributed by atoms with Crippen LogP contribution in [0.2, 0.25) is 0 Å². The van der Waals surface area contributed by atoms with E-state index in [-0.39, 0.29) is 55.7 Å². The van der Waals surface area contributed by atoms with Crippen LogP contribution in [0.5, 0.6) is 5.75 Å². The predicted molar refractivity (Wildman–Crippen MR) is 139 cm³/mol. The quantitative estimate of drug-likeness (QED) is 0.393. The number of rotatable bonds is 6. The zero-order chi connectivity index (χ0) is 27.2. The Labute approximate surface area is 225 Å². The van der Waals surface area contributed by atoms with Gasteiger partial charge in [-0.2, -0.15) is 0 Å². The smallest absolute Gasteiger partial charge is 0.255 e. The van der Waals surface area contributed by atoms with E-state index in [0.29, 0.717) is 34.6 Å². The number of ether oxygens (including phenoxy) is 2. The van der Waals surface area contributed by atoms with Gasteiger partial charge >= 0.3 is 0 Å². The van der Waals surface area contributed by atoms with Gasteiger partial charge in [0.1, 0.15) is 34.1 Å². The van der Waals surface area contributed by atoms with Gasteiger partial charge in [-0.1, -0.05) is 29.7 Å². The van der Waals surface area contributed by atoms with Crippen molar-refractivity contribution in [2.75, 3.05) is 19.8 Å². The molecule has 0 aromatic heterocycles. The molecule has 2 aromatic rings. The van der Waals surface area contributed by atoms with E-state index < -0.39 is 23.3 Å². The third-order valence-electron chi connectivity index (χ3n) is 7.08. The topological polar surface area (TPSA) is 105 Å². The molecule has 8 radical (unpaired) electrons. The first-order valence-electron chi connectivity index (χ1n) is 12.1. The maximum absolute atomic E-state index is 13.1. The Balaban J connectivity index is 1.34. The lowest BCUT2D eigenvalue weighted by Crippen LogP contribution is -2.55. The van der Waals surface area contributed by atoms with Gasteiger partial charge in [-0.25, -0.2) is 0 Å². The first kappa shape index (κ1) is 26.2. The number of nitrogens with zero attached hydrogens (tertiary/aromatic N) is 2. The number of fused-ring (bicyclic) bond motifs is 1. The lowest BCUT2D eigenvalue weighted by atomic mass is 9.56. The van der Waals surface area contributed by atoms with Crippen molar-refractivity contribution in [3.05, 3.63) is 58.7 Å².